The standard InChI is InChI=1S/C15H18ClF3N2O/c1-8(2)20-11-5-4-9(6-10(11)15(17,18)19)21-13(22)14(3)7-12(14)16/h4-6,8,12,20H,7H2,1-3H3,(H,21,22). The Hall–Kier alpha value is -1.43. The van der Waals surface area contributed by atoms with Crippen LogP contribution in [0.25, 0.3) is 0 Å². The summed E-state index contributed by atoms with van der Waals surface area (Å²) in [6.07, 6.45) is -3.98. The molecule has 2 rings (SSSR count). The summed E-state index contributed by atoms with van der Waals surface area (Å²) in [5.41, 5.74) is -1.39. The molecule has 1 aromatic carbocycles. The minimum atomic E-state index is -4.50. The molecule has 2 N–H and O–H groups in total. The summed E-state index contributed by atoms with van der Waals surface area (Å²) in [5.74, 6) is -0.356. The van der Waals surface area contributed by atoms with Crippen LogP contribution in [0.4, 0.5) is 24.5 Å². The molecule has 2 atom stereocenters. The number of nitrogens with one attached hydrogen (secondary N) is 2. The van der Waals surface area contributed by atoms with Crippen molar-refractivity contribution < 1.29 is 18.0 Å². The third-order valence-electron chi connectivity index (χ3n) is 3.68. The molecule has 0 aromatic heterocycles. The Labute approximate surface area is 132 Å². The second kappa shape index (κ2) is 5.65. The number of hydrogen-bond acceptors (Lipinski definition) is 2. The number of anilines is 2. The Bertz CT molecular complexity index is 589. The minimum Gasteiger partial charge on any atom is -0.382 e. The fraction of sp³-hybridized carbons (Fsp3) is 0.533. The molecule has 1 aromatic rings. The van der Waals surface area contributed by atoms with Crippen LogP contribution in [0.2, 0.25) is 0 Å². The first-order valence-corrected chi connectivity index (χ1v) is 7.41. The third kappa shape index (κ3) is 3.48. The molecule has 2 unspecified atom stereocenters. The molecule has 0 bridgehead atoms. The number of alkyl halides is 4. The van der Waals surface area contributed by atoms with E-state index >= 15 is 0 Å². The highest BCUT2D eigenvalue weighted by molar-refractivity contribution is 6.26. The van der Waals surface area contributed by atoms with Crippen molar-refractivity contribution in [1.82, 2.24) is 0 Å². The first-order chi connectivity index (χ1) is 10.0. The van der Waals surface area contributed by atoms with E-state index < -0.39 is 17.2 Å². The molecule has 1 aliphatic rings. The van der Waals surface area contributed by atoms with E-state index in [1.54, 1.807) is 20.8 Å². The van der Waals surface area contributed by atoms with Crippen LogP contribution in [-0.4, -0.2) is 17.3 Å². The van der Waals surface area contributed by atoms with Crippen molar-refractivity contribution in [2.75, 3.05) is 10.6 Å². The molecule has 1 amide bonds. The Morgan fingerprint density at radius 3 is 2.45 bits per heavy atom. The highest BCUT2D eigenvalue weighted by Crippen LogP contribution is 2.50. The van der Waals surface area contributed by atoms with Crippen molar-refractivity contribution >= 4 is 28.9 Å². The van der Waals surface area contributed by atoms with Gasteiger partial charge in [-0.05, 0) is 45.4 Å². The van der Waals surface area contributed by atoms with Crippen LogP contribution in [-0.2, 0) is 11.0 Å². The summed E-state index contributed by atoms with van der Waals surface area (Å²) in [6, 6.07) is 3.58. The summed E-state index contributed by atoms with van der Waals surface area (Å²) in [6.45, 7) is 5.20. The zero-order valence-corrected chi connectivity index (χ0v) is 13.3. The Morgan fingerprint density at radius 2 is 2.00 bits per heavy atom. The first kappa shape index (κ1) is 16.9. The van der Waals surface area contributed by atoms with E-state index in [1.807, 2.05) is 0 Å². The Balaban J connectivity index is 2.25. The fourth-order valence-corrected chi connectivity index (χ4v) is 2.54. The summed E-state index contributed by atoms with van der Waals surface area (Å²) < 4.78 is 39.5. The lowest BCUT2D eigenvalue weighted by molar-refractivity contribution is -0.137. The first-order valence-electron chi connectivity index (χ1n) is 6.97. The van der Waals surface area contributed by atoms with Gasteiger partial charge in [-0.3, -0.25) is 4.79 Å². The van der Waals surface area contributed by atoms with Crippen LogP contribution in [0.1, 0.15) is 32.8 Å². The summed E-state index contributed by atoms with van der Waals surface area (Å²) in [5, 5.41) is 5.01. The maximum Gasteiger partial charge on any atom is 0.418 e. The highest BCUT2D eigenvalue weighted by Gasteiger charge is 2.55. The molecule has 122 valence electrons. The summed E-state index contributed by atoms with van der Waals surface area (Å²) in [4.78, 5) is 12.0. The normalized spacial score (nSPS) is 24.3. The van der Waals surface area contributed by atoms with Crippen LogP contribution in [0.5, 0.6) is 0 Å². The van der Waals surface area contributed by atoms with Crippen LogP contribution in [0, 0.1) is 5.41 Å². The molecule has 1 saturated carbocycles. The third-order valence-corrected chi connectivity index (χ3v) is 4.32. The van der Waals surface area contributed by atoms with E-state index in [9.17, 15) is 18.0 Å². The summed E-state index contributed by atoms with van der Waals surface area (Å²) >= 11 is 5.89. The van der Waals surface area contributed by atoms with E-state index in [1.165, 1.54) is 12.1 Å². The van der Waals surface area contributed by atoms with Crippen molar-refractivity contribution in [3.05, 3.63) is 23.8 Å². The molecule has 1 aliphatic carbocycles. The quantitative estimate of drug-likeness (QED) is 0.797. The molecule has 3 nitrogen and oxygen atoms in total. The van der Waals surface area contributed by atoms with Gasteiger partial charge in [0, 0.05) is 22.8 Å². The van der Waals surface area contributed by atoms with Crippen molar-refractivity contribution in [3.63, 3.8) is 0 Å². The van der Waals surface area contributed by atoms with Crippen molar-refractivity contribution in [1.29, 1.82) is 0 Å². The molecule has 1 fully saturated rings. The summed E-state index contributed by atoms with van der Waals surface area (Å²) in [7, 11) is 0. The number of carbonyl (C=O) groups is 1. The van der Waals surface area contributed by atoms with E-state index in [0.717, 1.165) is 6.07 Å². The van der Waals surface area contributed by atoms with Gasteiger partial charge >= 0.3 is 6.18 Å². The molecule has 0 heterocycles. The molecule has 0 spiro atoms. The van der Waals surface area contributed by atoms with Gasteiger partial charge in [-0.25, -0.2) is 0 Å². The van der Waals surface area contributed by atoms with Gasteiger partial charge in [0.05, 0.1) is 11.0 Å². The second-order valence-electron chi connectivity index (χ2n) is 6.10. The maximum atomic E-state index is 13.2. The molecule has 7 heteroatoms. The molecule has 0 saturated heterocycles. The van der Waals surface area contributed by atoms with E-state index in [-0.39, 0.29) is 28.7 Å². The lowest BCUT2D eigenvalue weighted by atomic mass is 10.1. The molecular weight excluding hydrogens is 317 g/mol. The number of benzene rings is 1. The number of amides is 1. The average molecular weight is 335 g/mol. The van der Waals surface area contributed by atoms with Gasteiger partial charge in [-0.15, -0.1) is 11.6 Å². The predicted molar refractivity (Wildman–Crippen MR) is 81.2 cm³/mol. The number of hydrogen-bond donors (Lipinski definition) is 2. The average Bonchev–Trinajstić information content (AvgIpc) is 2.99. The SMILES string of the molecule is CC(C)Nc1ccc(NC(=O)C2(C)CC2Cl)cc1C(F)(F)F. The van der Waals surface area contributed by atoms with Crippen LogP contribution in [0.15, 0.2) is 18.2 Å². The van der Waals surface area contributed by atoms with Crippen LogP contribution >= 0.6 is 11.6 Å². The maximum absolute atomic E-state index is 13.2. The zero-order valence-electron chi connectivity index (χ0n) is 12.5. The second-order valence-corrected chi connectivity index (χ2v) is 6.63. The predicted octanol–water partition coefficient (Wildman–Crippen LogP) is 4.48. The topological polar surface area (TPSA) is 41.1 Å². The van der Waals surface area contributed by atoms with Crippen LogP contribution in [0.3, 0.4) is 0 Å². The van der Waals surface area contributed by atoms with Gasteiger partial charge in [-0.1, -0.05) is 0 Å². The zero-order chi connectivity index (χ0) is 16.7. The Morgan fingerprint density at radius 1 is 1.41 bits per heavy atom. The minimum absolute atomic E-state index is 0.00616. The van der Waals surface area contributed by atoms with E-state index in [0.29, 0.717) is 6.42 Å². The number of carbonyl (C=O) groups excluding carboxylic acids is 1. The van der Waals surface area contributed by atoms with Gasteiger partial charge in [-0.2, -0.15) is 13.2 Å². The van der Waals surface area contributed by atoms with Crippen molar-refractivity contribution in [3.8, 4) is 0 Å². The largest absolute Gasteiger partial charge is 0.418 e. The van der Waals surface area contributed by atoms with Gasteiger partial charge < -0.3 is 10.6 Å². The van der Waals surface area contributed by atoms with Gasteiger partial charge in [0.2, 0.25) is 5.91 Å². The van der Waals surface area contributed by atoms with Gasteiger partial charge in [0.15, 0.2) is 0 Å². The van der Waals surface area contributed by atoms with Gasteiger partial charge in [0.25, 0.3) is 0 Å². The smallest absolute Gasteiger partial charge is 0.382 e. The monoisotopic (exact) mass is 334 g/mol. The molecular formula is C15H18ClF3N2O. The lowest BCUT2D eigenvalue weighted by Crippen LogP contribution is -2.24. The highest BCUT2D eigenvalue weighted by atomic mass is 35.5. The van der Waals surface area contributed by atoms with Crippen molar-refractivity contribution in [2.24, 2.45) is 5.41 Å². The van der Waals surface area contributed by atoms with E-state index in [4.69, 9.17) is 11.6 Å². The lowest BCUT2D eigenvalue weighted by Gasteiger charge is -2.19. The molecule has 22 heavy (non-hydrogen) atoms. The number of rotatable bonds is 4. The van der Waals surface area contributed by atoms with Gasteiger partial charge in [0.1, 0.15) is 0 Å². The fourth-order valence-electron chi connectivity index (χ4n) is 2.12. The van der Waals surface area contributed by atoms with E-state index in [2.05, 4.69) is 10.6 Å². The number of halogens is 4. The Kier molecular flexibility index (Phi) is 4.35. The molecule has 0 radical (unpaired) electrons. The van der Waals surface area contributed by atoms with Crippen molar-refractivity contribution in [2.45, 2.75) is 44.8 Å². The molecule has 0 aliphatic heterocycles. The van der Waals surface area contributed by atoms with Crippen LogP contribution < -0.4 is 10.6 Å².